The number of sulfonamides is 1. The Kier molecular flexibility index (Phi) is 4.98. The van der Waals surface area contributed by atoms with Crippen LogP contribution in [0.15, 0.2) is 23.1 Å². The first-order chi connectivity index (χ1) is 8.40. The molecule has 0 unspecified atom stereocenters. The summed E-state index contributed by atoms with van der Waals surface area (Å²) in [6.45, 7) is 5.75. The van der Waals surface area contributed by atoms with Gasteiger partial charge in [-0.05, 0) is 31.5 Å². The molecule has 0 fully saturated rings. The summed E-state index contributed by atoms with van der Waals surface area (Å²) >= 11 is 0. The molecule has 0 aliphatic heterocycles. The summed E-state index contributed by atoms with van der Waals surface area (Å²) in [5.74, 6) is 0. The average Bonchev–Trinajstić information content (AvgIpc) is 2.30. The molecule has 0 spiro atoms. The number of hydrogen-bond acceptors (Lipinski definition) is 4. The molecule has 6 heteroatoms. The van der Waals surface area contributed by atoms with Crippen molar-refractivity contribution in [1.29, 1.82) is 0 Å². The van der Waals surface area contributed by atoms with Crippen LogP contribution in [-0.4, -0.2) is 21.5 Å². The highest BCUT2D eigenvalue weighted by atomic mass is 32.2. The highest BCUT2D eigenvalue weighted by Gasteiger charge is 2.13. The lowest BCUT2D eigenvalue weighted by Crippen LogP contribution is -2.25. The Balaban J connectivity index is 3.13. The van der Waals surface area contributed by atoms with Gasteiger partial charge in [0.05, 0.1) is 16.3 Å². The Hall–Kier alpha value is -1.27. The maximum absolute atomic E-state index is 11.3. The molecule has 0 aromatic heterocycles. The van der Waals surface area contributed by atoms with Gasteiger partial charge in [-0.2, -0.15) is 0 Å². The molecule has 0 aliphatic carbocycles. The van der Waals surface area contributed by atoms with E-state index in [-0.39, 0.29) is 4.90 Å². The predicted octanol–water partition coefficient (Wildman–Crippen LogP) is 1.54. The fraction of sp³-hybridized carbons (Fsp3) is 0.500. The number of nitrogen functional groups attached to an aromatic ring is 1. The van der Waals surface area contributed by atoms with E-state index in [4.69, 9.17) is 10.9 Å². The van der Waals surface area contributed by atoms with Gasteiger partial charge in [-0.15, -0.1) is 0 Å². The van der Waals surface area contributed by atoms with Crippen molar-refractivity contribution in [2.75, 3.05) is 23.7 Å². The van der Waals surface area contributed by atoms with E-state index in [2.05, 4.69) is 11.8 Å². The van der Waals surface area contributed by atoms with Crippen LogP contribution in [0.3, 0.4) is 0 Å². The van der Waals surface area contributed by atoms with Crippen LogP contribution in [0.25, 0.3) is 0 Å². The van der Waals surface area contributed by atoms with Crippen molar-refractivity contribution in [2.24, 2.45) is 5.14 Å². The molecule has 102 valence electrons. The van der Waals surface area contributed by atoms with Crippen LogP contribution in [0.2, 0.25) is 0 Å². The quantitative estimate of drug-likeness (QED) is 0.768. The van der Waals surface area contributed by atoms with Crippen LogP contribution < -0.4 is 15.8 Å². The van der Waals surface area contributed by atoms with Crippen LogP contribution in [0.5, 0.6) is 0 Å². The van der Waals surface area contributed by atoms with Gasteiger partial charge in [0.1, 0.15) is 0 Å². The SMILES string of the molecule is CCCCN(CC)c1cc(S(N)(=O)=O)ccc1N. The standard InChI is InChI=1S/C12H21N3O2S/c1-3-5-8-15(4-2)12-9-10(18(14,16)17)6-7-11(12)13/h6-7,9H,3-5,8,13H2,1-2H3,(H2,14,16,17). The number of hydrogen-bond donors (Lipinski definition) is 2. The second kappa shape index (κ2) is 6.06. The first-order valence-electron chi connectivity index (χ1n) is 6.07. The summed E-state index contributed by atoms with van der Waals surface area (Å²) < 4.78 is 22.7. The fourth-order valence-corrected chi connectivity index (χ4v) is 2.31. The lowest BCUT2D eigenvalue weighted by molar-refractivity contribution is 0.597. The van der Waals surface area contributed by atoms with E-state index >= 15 is 0 Å². The summed E-state index contributed by atoms with van der Waals surface area (Å²) in [6.07, 6.45) is 2.11. The van der Waals surface area contributed by atoms with Crippen molar-refractivity contribution in [3.63, 3.8) is 0 Å². The van der Waals surface area contributed by atoms with E-state index in [1.54, 1.807) is 12.1 Å². The molecule has 1 rings (SSSR count). The van der Waals surface area contributed by atoms with Crippen molar-refractivity contribution in [3.05, 3.63) is 18.2 Å². The van der Waals surface area contributed by atoms with E-state index < -0.39 is 10.0 Å². The zero-order valence-corrected chi connectivity index (χ0v) is 11.7. The van der Waals surface area contributed by atoms with Crippen molar-refractivity contribution >= 4 is 21.4 Å². The molecule has 0 heterocycles. The molecule has 0 atom stereocenters. The zero-order chi connectivity index (χ0) is 13.8. The van der Waals surface area contributed by atoms with Crippen molar-refractivity contribution in [1.82, 2.24) is 0 Å². The van der Waals surface area contributed by atoms with Gasteiger partial charge in [-0.25, -0.2) is 13.6 Å². The molecule has 18 heavy (non-hydrogen) atoms. The molecular weight excluding hydrogens is 250 g/mol. The first-order valence-corrected chi connectivity index (χ1v) is 7.62. The number of anilines is 2. The van der Waals surface area contributed by atoms with Crippen molar-refractivity contribution < 1.29 is 8.42 Å². The Morgan fingerprint density at radius 2 is 1.94 bits per heavy atom. The highest BCUT2D eigenvalue weighted by Crippen LogP contribution is 2.26. The van der Waals surface area contributed by atoms with Gasteiger partial charge >= 0.3 is 0 Å². The van der Waals surface area contributed by atoms with Crippen LogP contribution >= 0.6 is 0 Å². The van der Waals surface area contributed by atoms with Gasteiger partial charge in [0, 0.05) is 13.1 Å². The number of unbranched alkanes of at least 4 members (excludes halogenated alkanes) is 1. The molecule has 1 aromatic carbocycles. The number of benzene rings is 1. The first kappa shape index (κ1) is 14.8. The second-order valence-corrected chi connectivity index (χ2v) is 5.76. The highest BCUT2D eigenvalue weighted by molar-refractivity contribution is 7.89. The Bertz CT molecular complexity index is 500. The van der Waals surface area contributed by atoms with Crippen LogP contribution in [0, 0.1) is 0 Å². The van der Waals surface area contributed by atoms with Crippen molar-refractivity contribution in [3.8, 4) is 0 Å². The van der Waals surface area contributed by atoms with Crippen LogP contribution in [0.1, 0.15) is 26.7 Å². The smallest absolute Gasteiger partial charge is 0.238 e. The van der Waals surface area contributed by atoms with E-state index in [0.29, 0.717) is 5.69 Å². The zero-order valence-electron chi connectivity index (χ0n) is 10.9. The second-order valence-electron chi connectivity index (χ2n) is 4.20. The van der Waals surface area contributed by atoms with Crippen LogP contribution in [0.4, 0.5) is 11.4 Å². The summed E-state index contributed by atoms with van der Waals surface area (Å²) in [7, 11) is -3.69. The molecule has 0 saturated carbocycles. The maximum Gasteiger partial charge on any atom is 0.238 e. The molecule has 0 bridgehead atoms. The lowest BCUT2D eigenvalue weighted by atomic mass is 10.2. The van der Waals surface area contributed by atoms with Gasteiger partial charge in [-0.1, -0.05) is 13.3 Å². The number of nitrogens with two attached hydrogens (primary N) is 2. The van der Waals surface area contributed by atoms with E-state index in [9.17, 15) is 8.42 Å². The van der Waals surface area contributed by atoms with Gasteiger partial charge < -0.3 is 10.6 Å². The van der Waals surface area contributed by atoms with E-state index in [1.165, 1.54) is 6.07 Å². The van der Waals surface area contributed by atoms with Gasteiger partial charge in [0.25, 0.3) is 0 Å². The maximum atomic E-state index is 11.3. The minimum Gasteiger partial charge on any atom is -0.397 e. The largest absolute Gasteiger partial charge is 0.397 e. The van der Waals surface area contributed by atoms with Gasteiger partial charge in [0.2, 0.25) is 10.0 Å². The number of primary sulfonamides is 1. The Morgan fingerprint density at radius 1 is 1.28 bits per heavy atom. The Morgan fingerprint density at radius 3 is 2.44 bits per heavy atom. The molecule has 0 aliphatic rings. The fourth-order valence-electron chi connectivity index (χ4n) is 1.77. The molecule has 5 nitrogen and oxygen atoms in total. The molecular formula is C12H21N3O2S. The Labute approximate surface area is 109 Å². The third-order valence-electron chi connectivity index (χ3n) is 2.83. The summed E-state index contributed by atoms with van der Waals surface area (Å²) in [5, 5.41) is 5.13. The molecule has 0 saturated heterocycles. The predicted molar refractivity (Wildman–Crippen MR) is 75.0 cm³/mol. The van der Waals surface area contributed by atoms with Gasteiger partial charge in [0.15, 0.2) is 0 Å². The monoisotopic (exact) mass is 271 g/mol. The average molecular weight is 271 g/mol. The summed E-state index contributed by atoms with van der Waals surface area (Å²) in [5.41, 5.74) is 7.21. The number of rotatable bonds is 6. The van der Waals surface area contributed by atoms with Crippen molar-refractivity contribution in [2.45, 2.75) is 31.6 Å². The minimum absolute atomic E-state index is 0.0987. The molecule has 1 aromatic rings. The summed E-state index contributed by atoms with van der Waals surface area (Å²) in [6, 6.07) is 4.56. The number of nitrogens with zero attached hydrogens (tertiary/aromatic N) is 1. The van der Waals surface area contributed by atoms with Crippen LogP contribution in [-0.2, 0) is 10.0 Å². The normalized spacial score (nSPS) is 11.5. The minimum atomic E-state index is -3.69. The summed E-state index contributed by atoms with van der Waals surface area (Å²) in [4.78, 5) is 2.16. The molecule has 4 N–H and O–H groups in total. The topological polar surface area (TPSA) is 89.4 Å². The third-order valence-corrected chi connectivity index (χ3v) is 3.75. The molecule has 0 amide bonds. The lowest BCUT2D eigenvalue weighted by Gasteiger charge is -2.24. The van der Waals surface area contributed by atoms with E-state index in [1.807, 2.05) is 6.92 Å². The van der Waals surface area contributed by atoms with Gasteiger partial charge in [-0.3, -0.25) is 0 Å². The third kappa shape index (κ3) is 3.61. The van der Waals surface area contributed by atoms with E-state index in [0.717, 1.165) is 31.6 Å². The molecule has 0 radical (unpaired) electrons.